The highest BCUT2D eigenvalue weighted by Crippen LogP contribution is 2.27. The second kappa shape index (κ2) is 6.29. The van der Waals surface area contributed by atoms with Crippen LogP contribution in [0.15, 0.2) is 18.2 Å². The lowest BCUT2D eigenvalue weighted by Gasteiger charge is -2.34. The van der Waals surface area contributed by atoms with Crippen LogP contribution in [0.3, 0.4) is 0 Å². The topological polar surface area (TPSA) is 29.3 Å². The zero-order valence-corrected chi connectivity index (χ0v) is 12.6. The Labute approximate surface area is 119 Å². The van der Waals surface area contributed by atoms with Crippen molar-refractivity contribution in [1.82, 2.24) is 4.90 Å². The van der Waals surface area contributed by atoms with Crippen molar-refractivity contribution >= 4 is 23.4 Å². The average Bonchev–Trinajstić information content (AvgIpc) is 2.30. The lowest BCUT2D eigenvalue weighted by molar-refractivity contribution is 0.263. The van der Waals surface area contributed by atoms with Crippen LogP contribution in [0.5, 0.6) is 0 Å². The Hall–Kier alpha value is -0.220. The van der Waals surface area contributed by atoms with Crippen LogP contribution in [0, 0.1) is 0 Å². The summed E-state index contributed by atoms with van der Waals surface area (Å²) in [5.74, 6) is 0. The Morgan fingerprint density at radius 2 is 2.00 bits per heavy atom. The van der Waals surface area contributed by atoms with Crippen LogP contribution in [-0.4, -0.2) is 28.5 Å². The van der Waals surface area contributed by atoms with E-state index in [1.54, 1.807) is 0 Å². The lowest BCUT2D eigenvalue weighted by atomic mass is 10.1. The molecule has 1 aromatic carbocycles. The van der Waals surface area contributed by atoms with Gasteiger partial charge in [0, 0.05) is 41.7 Å². The first-order chi connectivity index (χ1) is 8.58. The van der Waals surface area contributed by atoms with Crippen LogP contribution >= 0.6 is 23.4 Å². The number of rotatable bonds is 3. The van der Waals surface area contributed by atoms with Crippen molar-refractivity contribution in [2.45, 2.75) is 37.4 Å². The molecule has 2 N–H and O–H groups in total. The van der Waals surface area contributed by atoms with Gasteiger partial charge in [0.1, 0.15) is 0 Å². The van der Waals surface area contributed by atoms with Crippen LogP contribution < -0.4 is 5.73 Å². The SMILES string of the molecule is CC1CN(Cc2ccc(CN)cc2Cl)CC(C)S1. The van der Waals surface area contributed by atoms with E-state index in [4.69, 9.17) is 17.3 Å². The van der Waals surface area contributed by atoms with E-state index in [0.717, 1.165) is 30.2 Å². The van der Waals surface area contributed by atoms with E-state index in [2.05, 4.69) is 42.6 Å². The van der Waals surface area contributed by atoms with Crippen molar-refractivity contribution in [2.24, 2.45) is 5.73 Å². The Kier molecular flexibility index (Phi) is 4.96. The second-order valence-corrected chi connectivity index (χ2v) is 7.37. The van der Waals surface area contributed by atoms with Crippen LogP contribution in [0.2, 0.25) is 5.02 Å². The highest BCUT2D eigenvalue weighted by molar-refractivity contribution is 8.00. The average molecular weight is 285 g/mol. The van der Waals surface area contributed by atoms with Crippen molar-refractivity contribution in [1.29, 1.82) is 0 Å². The molecule has 0 amide bonds. The first-order valence-electron chi connectivity index (χ1n) is 6.43. The third kappa shape index (κ3) is 3.64. The number of halogens is 1. The molecule has 1 fully saturated rings. The zero-order chi connectivity index (χ0) is 13.1. The molecule has 18 heavy (non-hydrogen) atoms. The van der Waals surface area contributed by atoms with Crippen LogP contribution in [-0.2, 0) is 13.1 Å². The summed E-state index contributed by atoms with van der Waals surface area (Å²) in [6.45, 7) is 8.38. The fraction of sp³-hybridized carbons (Fsp3) is 0.571. The summed E-state index contributed by atoms with van der Waals surface area (Å²) >= 11 is 8.39. The van der Waals surface area contributed by atoms with Crippen molar-refractivity contribution in [3.63, 3.8) is 0 Å². The summed E-state index contributed by atoms with van der Waals surface area (Å²) in [6.07, 6.45) is 0. The van der Waals surface area contributed by atoms with E-state index in [1.807, 2.05) is 6.07 Å². The lowest BCUT2D eigenvalue weighted by Crippen LogP contribution is -2.39. The van der Waals surface area contributed by atoms with Gasteiger partial charge in [-0.3, -0.25) is 4.90 Å². The summed E-state index contributed by atoms with van der Waals surface area (Å²) < 4.78 is 0. The molecule has 2 unspecified atom stereocenters. The molecule has 0 aliphatic carbocycles. The predicted molar refractivity (Wildman–Crippen MR) is 81.1 cm³/mol. The molecule has 2 atom stereocenters. The maximum atomic E-state index is 6.31. The van der Waals surface area contributed by atoms with Crippen molar-refractivity contribution in [2.75, 3.05) is 13.1 Å². The van der Waals surface area contributed by atoms with E-state index in [1.165, 1.54) is 5.56 Å². The first-order valence-corrected chi connectivity index (χ1v) is 7.75. The number of nitrogens with two attached hydrogens (primary N) is 1. The smallest absolute Gasteiger partial charge is 0.0454 e. The fourth-order valence-electron chi connectivity index (χ4n) is 2.50. The van der Waals surface area contributed by atoms with Gasteiger partial charge in [-0.25, -0.2) is 0 Å². The van der Waals surface area contributed by atoms with Gasteiger partial charge in [0.05, 0.1) is 0 Å². The van der Waals surface area contributed by atoms with Gasteiger partial charge >= 0.3 is 0 Å². The summed E-state index contributed by atoms with van der Waals surface area (Å²) in [5, 5.41) is 2.25. The molecule has 1 aliphatic rings. The minimum atomic E-state index is 0.550. The molecule has 0 aromatic heterocycles. The minimum absolute atomic E-state index is 0.550. The quantitative estimate of drug-likeness (QED) is 0.925. The summed E-state index contributed by atoms with van der Waals surface area (Å²) in [6, 6.07) is 6.18. The Morgan fingerprint density at radius 3 is 2.56 bits per heavy atom. The van der Waals surface area contributed by atoms with Gasteiger partial charge in [0.15, 0.2) is 0 Å². The van der Waals surface area contributed by atoms with E-state index >= 15 is 0 Å². The van der Waals surface area contributed by atoms with E-state index in [0.29, 0.717) is 17.0 Å². The van der Waals surface area contributed by atoms with Gasteiger partial charge in [-0.2, -0.15) is 11.8 Å². The third-order valence-electron chi connectivity index (χ3n) is 3.24. The molecule has 1 aromatic rings. The molecule has 2 nitrogen and oxygen atoms in total. The number of nitrogens with zero attached hydrogens (tertiary/aromatic N) is 1. The van der Waals surface area contributed by atoms with Crippen molar-refractivity contribution < 1.29 is 0 Å². The minimum Gasteiger partial charge on any atom is -0.326 e. The molecule has 1 aliphatic heterocycles. The molecule has 100 valence electrons. The molecule has 4 heteroatoms. The molecule has 0 spiro atoms. The molecular formula is C14H21ClN2S. The molecule has 1 saturated heterocycles. The number of hydrogen-bond donors (Lipinski definition) is 1. The number of thioether (sulfide) groups is 1. The normalized spacial score (nSPS) is 25.3. The van der Waals surface area contributed by atoms with Crippen LogP contribution in [0.1, 0.15) is 25.0 Å². The zero-order valence-electron chi connectivity index (χ0n) is 11.0. The third-order valence-corrected chi connectivity index (χ3v) is 4.82. The highest BCUT2D eigenvalue weighted by Gasteiger charge is 2.22. The van der Waals surface area contributed by atoms with Crippen LogP contribution in [0.25, 0.3) is 0 Å². The molecule has 1 heterocycles. The van der Waals surface area contributed by atoms with Crippen molar-refractivity contribution in [3.8, 4) is 0 Å². The predicted octanol–water partition coefficient (Wildman–Crippen LogP) is 3.12. The highest BCUT2D eigenvalue weighted by atomic mass is 35.5. The van der Waals surface area contributed by atoms with E-state index in [-0.39, 0.29) is 0 Å². The van der Waals surface area contributed by atoms with Gasteiger partial charge in [-0.05, 0) is 17.2 Å². The Bertz CT molecular complexity index is 401. The number of benzene rings is 1. The van der Waals surface area contributed by atoms with Crippen LogP contribution in [0.4, 0.5) is 0 Å². The van der Waals surface area contributed by atoms with E-state index < -0.39 is 0 Å². The largest absolute Gasteiger partial charge is 0.326 e. The summed E-state index contributed by atoms with van der Waals surface area (Å²) in [7, 11) is 0. The summed E-state index contributed by atoms with van der Waals surface area (Å²) in [5.41, 5.74) is 7.92. The molecule has 0 radical (unpaired) electrons. The molecule has 0 bridgehead atoms. The fourth-order valence-corrected chi connectivity index (χ4v) is 4.15. The Balaban J connectivity index is 2.04. The maximum absolute atomic E-state index is 6.31. The van der Waals surface area contributed by atoms with Gasteiger partial charge in [0.2, 0.25) is 0 Å². The maximum Gasteiger partial charge on any atom is 0.0454 e. The molecule has 2 rings (SSSR count). The Morgan fingerprint density at radius 1 is 1.33 bits per heavy atom. The standard InChI is InChI=1S/C14H21ClN2S/c1-10-7-17(8-11(2)18-10)9-13-4-3-12(6-16)5-14(13)15/h3-5,10-11H,6-9,16H2,1-2H3. The molecular weight excluding hydrogens is 264 g/mol. The van der Waals surface area contributed by atoms with Gasteiger partial charge < -0.3 is 5.73 Å². The molecule has 0 saturated carbocycles. The van der Waals surface area contributed by atoms with Crippen molar-refractivity contribution in [3.05, 3.63) is 34.3 Å². The monoisotopic (exact) mass is 284 g/mol. The van der Waals surface area contributed by atoms with Gasteiger partial charge in [-0.1, -0.05) is 37.6 Å². The van der Waals surface area contributed by atoms with E-state index in [9.17, 15) is 0 Å². The first kappa shape index (κ1) is 14.2. The summed E-state index contributed by atoms with van der Waals surface area (Å²) in [4.78, 5) is 2.50. The van der Waals surface area contributed by atoms with Gasteiger partial charge in [-0.15, -0.1) is 0 Å². The van der Waals surface area contributed by atoms with Gasteiger partial charge in [0.25, 0.3) is 0 Å². The number of hydrogen-bond acceptors (Lipinski definition) is 3. The second-order valence-electron chi connectivity index (χ2n) is 5.08.